The van der Waals surface area contributed by atoms with Crippen molar-refractivity contribution >= 4 is 11.7 Å². The monoisotopic (exact) mass is 366 g/mol. The normalized spacial score (nSPS) is 10.5. The van der Waals surface area contributed by atoms with E-state index < -0.39 is 23.6 Å². The number of nitrogens with one attached hydrogen (secondary N) is 2. The predicted molar refractivity (Wildman–Crippen MR) is 88.1 cm³/mol. The first-order valence-electron chi connectivity index (χ1n) is 7.41. The van der Waals surface area contributed by atoms with Crippen LogP contribution in [0, 0.1) is 17.7 Å². The summed E-state index contributed by atoms with van der Waals surface area (Å²) >= 11 is 0. The van der Waals surface area contributed by atoms with Crippen molar-refractivity contribution in [3.8, 4) is 17.6 Å². The molecule has 0 aliphatic rings. The maximum Gasteiger partial charge on any atom is 0.416 e. The number of amides is 2. The Balaban J connectivity index is 1.72. The van der Waals surface area contributed by atoms with Crippen molar-refractivity contribution in [2.75, 3.05) is 18.5 Å². The number of rotatable bonds is 4. The van der Waals surface area contributed by atoms with E-state index in [0.717, 1.165) is 12.1 Å². The van der Waals surface area contributed by atoms with Crippen molar-refractivity contribution in [2.45, 2.75) is 6.18 Å². The van der Waals surface area contributed by atoms with Gasteiger partial charge in [-0.3, -0.25) is 0 Å². The van der Waals surface area contributed by atoms with Gasteiger partial charge in [-0.2, -0.15) is 13.2 Å². The lowest BCUT2D eigenvalue weighted by Crippen LogP contribution is -2.28. The van der Waals surface area contributed by atoms with Gasteiger partial charge in [-0.1, -0.05) is 17.9 Å². The molecule has 0 aliphatic heterocycles. The van der Waals surface area contributed by atoms with Crippen molar-refractivity contribution < 1.29 is 27.1 Å². The number of hydrogen-bond acceptors (Lipinski definition) is 2. The Labute approximate surface area is 147 Å². The number of halogens is 4. The first-order chi connectivity index (χ1) is 12.3. The molecule has 0 saturated carbocycles. The van der Waals surface area contributed by atoms with Gasteiger partial charge in [0.15, 0.2) is 0 Å². The summed E-state index contributed by atoms with van der Waals surface area (Å²) in [7, 11) is 0. The van der Waals surface area contributed by atoms with Gasteiger partial charge in [0.25, 0.3) is 0 Å². The summed E-state index contributed by atoms with van der Waals surface area (Å²) in [5.41, 5.74) is -0.383. The van der Waals surface area contributed by atoms with E-state index in [1.807, 2.05) is 0 Å². The van der Waals surface area contributed by atoms with Crippen LogP contribution in [0.2, 0.25) is 0 Å². The highest BCUT2D eigenvalue weighted by Crippen LogP contribution is 2.31. The van der Waals surface area contributed by atoms with Crippen LogP contribution in [0.15, 0.2) is 48.5 Å². The number of benzene rings is 2. The van der Waals surface area contributed by atoms with Crippen LogP contribution in [-0.2, 0) is 6.18 Å². The maximum atomic E-state index is 12.7. The molecule has 4 nitrogen and oxygen atoms in total. The number of carbonyl (C=O) groups is 1. The molecule has 0 unspecified atom stereocenters. The summed E-state index contributed by atoms with van der Waals surface area (Å²) in [6.07, 6.45) is -4.44. The number of carbonyl (C=O) groups excluding carboxylic acids is 1. The molecular weight excluding hydrogens is 352 g/mol. The first kappa shape index (κ1) is 19.1. The van der Waals surface area contributed by atoms with Gasteiger partial charge in [0, 0.05) is 5.69 Å². The van der Waals surface area contributed by atoms with Crippen LogP contribution in [-0.4, -0.2) is 19.2 Å². The van der Waals surface area contributed by atoms with Crippen LogP contribution in [0.4, 0.5) is 28.0 Å². The lowest BCUT2D eigenvalue weighted by atomic mass is 10.2. The van der Waals surface area contributed by atoms with Crippen molar-refractivity contribution in [3.63, 3.8) is 0 Å². The zero-order chi connectivity index (χ0) is 19.0. The van der Waals surface area contributed by atoms with Crippen molar-refractivity contribution in [3.05, 3.63) is 59.9 Å². The van der Waals surface area contributed by atoms with Gasteiger partial charge >= 0.3 is 12.2 Å². The molecule has 0 aliphatic carbocycles. The summed E-state index contributed by atoms with van der Waals surface area (Å²) in [4.78, 5) is 11.6. The zero-order valence-corrected chi connectivity index (χ0v) is 13.4. The summed E-state index contributed by atoms with van der Waals surface area (Å²) in [5.74, 6) is 4.81. The average molecular weight is 366 g/mol. The van der Waals surface area contributed by atoms with E-state index in [4.69, 9.17) is 4.74 Å². The Morgan fingerprint density at radius 1 is 1.08 bits per heavy atom. The Kier molecular flexibility index (Phi) is 6.44. The molecule has 0 saturated heterocycles. The van der Waals surface area contributed by atoms with Crippen molar-refractivity contribution in [1.29, 1.82) is 0 Å². The Morgan fingerprint density at radius 3 is 2.50 bits per heavy atom. The molecule has 0 bridgehead atoms. The topological polar surface area (TPSA) is 50.4 Å². The molecule has 8 heteroatoms. The van der Waals surface area contributed by atoms with Crippen LogP contribution >= 0.6 is 0 Å². The Morgan fingerprint density at radius 2 is 1.81 bits per heavy atom. The van der Waals surface area contributed by atoms with Crippen LogP contribution in [0.5, 0.6) is 5.75 Å². The largest absolute Gasteiger partial charge is 0.481 e. The standard InChI is InChI=1S/C18H14F4N2O2/c19-14-6-8-15(9-7-14)24-17(25)23-10-1-2-11-26-16-5-3-4-13(12-16)18(20,21)22/h3-9,12H,10-11H2,(H2,23,24,25). The maximum absolute atomic E-state index is 12.7. The minimum atomic E-state index is -4.44. The van der Waals surface area contributed by atoms with Crippen LogP contribution in [0.25, 0.3) is 0 Å². The lowest BCUT2D eigenvalue weighted by molar-refractivity contribution is -0.137. The highest BCUT2D eigenvalue weighted by atomic mass is 19.4. The average Bonchev–Trinajstić information content (AvgIpc) is 2.59. The number of ether oxygens (including phenoxy) is 1. The molecule has 0 radical (unpaired) electrons. The van der Waals surface area contributed by atoms with Gasteiger partial charge in [-0.15, -0.1) is 0 Å². The fourth-order valence-electron chi connectivity index (χ4n) is 1.83. The molecule has 0 fully saturated rings. The summed E-state index contributed by atoms with van der Waals surface area (Å²) in [6, 6.07) is 9.18. The van der Waals surface area contributed by atoms with Crippen LogP contribution in [0.3, 0.4) is 0 Å². The second-order valence-corrected chi connectivity index (χ2v) is 4.98. The summed E-state index contributed by atoms with van der Waals surface area (Å²) in [5, 5.41) is 4.94. The summed E-state index contributed by atoms with van der Waals surface area (Å²) in [6.45, 7) is -0.110. The second-order valence-electron chi connectivity index (χ2n) is 4.98. The van der Waals surface area contributed by atoms with Gasteiger partial charge in [-0.05, 0) is 42.5 Å². The first-order valence-corrected chi connectivity index (χ1v) is 7.41. The summed E-state index contributed by atoms with van der Waals surface area (Å²) < 4.78 is 55.5. The van der Waals surface area contributed by atoms with Crippen molar-refractivity contribution in [1.82, 2.24) is 5.32 Å². The van der Waals surface area contributed by atoms with Crippen molar-refractivity contribution in [2.24, 2.45) is 0 Å². The third-order valence-electron chi connectivity index (χ3n) is 3.04. The quantitative estimate of drug-likeness (QED) is 0.634. The second kappa shape index (κ2) is 8.76. The molecule has 2 N–H and O–H groups in total. The highest BCUT2D eigenvalue weighted by Gasteiger charge is 2.30. The van der Waals surface area contributed by atoms with E-state index in [0.29, 0.717) is 5.69 Å². The van der Waals surface area contributed by atoms with E-state index in [1.165, 1.54) is 36.4 Å². The zero-order valence-electron chi connectivity index (χ0n) is 13.4. The molecule has 0 atom stereocenters. The molecule has 0 aromatic heterocycles. The highest BCUT2D eigenvalue weighted by molar-refractivity contribution is 5.89. The number of urea groups is 1. The predicted octanol–water partition coefficient (Wildman–Crippen LogP) is 4.05. The van der Waals surface area contributed by atoms with Crippen LogP contribution < -0.4 is 15.4 Å². The van der Waals surface area contributed by atoms with E-state index in [2.05, 4.69) is 22.5 Å². The van der Waals surface area contributed by atoms with E-state index in [1.54, 1.807) is 0 Å². The third-order valence-corrected chi connectivity index (χ3v) is 3.04. The van der Waals surface area contributed by atoms with E-state index in [9.17, 15) is 22.4 Å². The Hall–Kier alpha value is -3.21. The molecule has 0 spiro atoms. The number of anilines is 1. The third kappa shape index (κ3) is 6.36. The van der Waals surface area contributed by atoms with E-state index >= 15 is 0 Å². The molecule has 26 heavy (non-hydrogen) atoms. The van der Waals surface area contributed by atoms with Gasteiger partial charge in [0.1, 0.15) is 18.2 Å². The molecule has 136 valence electrons. The lowest BCUT2D eigenvalue weighted by Gasteiger charge is -2.08. The SMILES string of the molecule is O=C(NCC#CCOc1cccc(C(F)(F)F)c1)Nc1ccc(F)cc1. The molecule has 2 aromatic rings. The fraction of sp³-hybridized carbons (Fsp3) is 0.167. The molecular formula is C18H14F4N2O2. The molecule has 0 heterocycles. The van der Waals surface area contributed by atoms with Gasteiger partial charge in [0.05, 0.1) is 12.1 Å². The fourth-order valence-corrected chi connectivity index (χ4v) is 1.83. The molecule has 2 amide bonds. The Bertz CT molecular complexity index is 808. The molecule has 2 rings (SSSR count). The molecule has 2 aromatic carbocycles. The van der Waals surface area contributed by atoms with E-state index in [-0.39, 0.29) is 18.9 Å². The van der Waals surface area contributed by atoms with Gasteiger partial charge in [0.2, 0.25) is 0 Å². The smallest absolute Gasteiger partial charge is 0.416 e. The minimum absolute atomic E-state index is 0.0129. The minimum Gasteiger partial charge on any atom is -0.481 e. The number of alkyl halides is 3. The van der Waals surface area contributed by atoms with Gasteiger partial charge in [-0.25, -0.2) is 9.18 Å². The van der Waals surface area contributed by atoms with Crippen LogP contribution in [0.1, 0.15) is 5.56 Å². The van der Waals surface area contributed by atoms with Gasteiger partial charge < -0.3 is 15.4 Å². The number of hydrogen-bond donors (Lipinski definition) is 2.